The third-order valence-electron chi connectivity index (χ3n) is 5.36. The maximum Gasteiger partial charge on any atom is 0.252 e. The lowest BCUT2D eigenvalue weighted by molar-refractivity contribution is -0.123. The van der Waals surface area contributed by atoms with Gasteiger partial charge in [0.1, 0.15) is 0 Å². The number of piperazine rings is 1. The lowest BCUT2D eigenvalue weighted by Gasteiger charge is -2.37. The van der Waals surface area contributed by atoms with E-state index < -0.39 is 0 Å². The highest BCUT2D eigenvalue weighted by Gasteiger charge is 2.30. The molecule has 8 heteroatoms. The lowest BCUT2D eigenvalue weighted by atomic mass is 10.2. The van der Waals surface area contributed by atoms with Crippen LogP contribution in [0.5, 0.6) is 0 Å². The van der Waals surface area contributed by atoms with Crippen molar-refractivity contribution in [2.75, 3.05) is 26.2 Å². The number of amides is 1. The second kappa shape index (κ2) is 6.83. The van der Waals surface area contributed by atoms with E-state index in [0.29, 0.717) is 8.58 Å². The highest BCUT2D eigenvalue weighted by molar-refractivity contribution is 7.51. The Bertz CT molecular complexity index is 1050. The number of carbonyl (C=O) groups excluding carboxylic acids is 1. The SMILES string of the molecule is Cc1cn2nc(C3=CC(=O)N4C=C(N5CCNCC5)C=CC4P3)cc2c(C)n1. The summed E-state index contributed by atoms with van der Waals surface area (Å²) in [4.78, 5) is 21.6. The van der Waals surface area contributed by atoms with Gasteiger partial charge < -0.3 is 15.1 Å². The van der Waals surface area contributed by atoms with Crippen LogP contribution in [0.4, 0.5) is 0 Å². The summed E-state index contributed by atoms with van der Waals surface area (Å²) in [6.45, 7) is 7.86. The number of fused-ring (bicyclic) bond motifs is 2. The summed E-state index contributed by atoms with van der Waals surface area (Å²) in [6.07, 6.45) is 10.0. The molecule has 0 bridgehead atoms. The first-order valence-electron chi connectivity index (χ1n) is 9.59. The summed E-state index contributed by atoms with van der Waals surface area (Å²) in [5.74, 6) is 0.101. The Hall–Kier alpha value is -2.50. The van der Waals surface area contributed by atoms with E-state index in [1.165, 1.54) is 0 Å². The van der Waals surface area contributed by atoms with Gasteiger partial charge in [-0.3, -0.25) is 9.78 Å². The van der Waals surface area contributed by atoms with Gasteiger partial charge in [-0.25, -0.2) is 4.52 Å². The zero-order valence-corrected chi connectivity index (χ0v) is 17.0. The summed E-state index contributed by atoms with van der Waals surface area (Å²) < 4.78 is 1.87. The number of rotatable bonds is 2. The van der Waals surface area contributed by atoms with Crippen molar-refractivity contribution in [3.63, 3.8) is 0 Å². The number of hydrogen-bond acceptors (Lipinski definition) is 5. The quantitative estimate of drug-likeness (QED) is 0.788. The van der Waals surface area contributed by atoms with Crippen LogP contribution >= 0.6 is 8.58 Å². The molecule has 0 aromatic carbocycles. The molecular formula is C20H23N6OP. The topological polar surface area (TPSA) is 65.8 Å². The summed E-state index contributed by atoms with van der Waals surface area (Å²) in [5.41, 5.74) is 4.86. The molecule has 0 aliphatic carbocycles. The van der Waals surface area contributed by atoms with Crippen LogP contribution in [0.25, 0.3) is 10.8 Å². The Morgan fingerprint density at radius 2 is 2.07 bits per heavy atom. The Morgan fingerprint density at radius 3 is 2.89 bits per heavy atom. The van der Waals surface area contributed by atoms with Crippen LogP contribution in [0.3, 0.4) is 0 Å². The molecule has 28 heavy (non-hydrogen) atoms. The standard InChI is InChI=1S/C20H23N6OP/c1-13-11-26-17(14(2)22-13)9-16(23-26)18-10-19(27)25-12-15(3-4-20(25)28-18)24-7-5-21-6-8-24/h3-4,9-12,20-21,28H,5-8H2,1-2H3. The van der Waals surface area contributed by atoms with Crippen LogP contribution in [0.2, 0.25) is 0 Å². The van der Waals surface area contributed by atoms with Crippen LogP contribution in [-0.4, -0.2) is 62.3 Å². The molecule has 2 aromatic heterocycles. The van der Waals surface area contributed by atoms with Crippen molar-refractivity contribution >= 4 is 25.3 Å². The minimum absolute atomic E-state index is 0.0267. The smallest absolute Gasteiger partial charge is 0.252 e. The molecule has 5 rings (SSSR count). The normalized spacial score (nSPS) is 23.2. The molecule has 144 valence electrons. The van der Waals surface area contributed by atoms with Crippen LogP contribution in [0, 0.1) is 13.8 Å². The van der Waals surface area contributed by atoms with E-state index in [0.717, 1.165) is 59.8 Å². The number of nitrogens with one attached hydrogen (secondary N) is 1. The van der Waals surface area contributed by atoms with Gasteiger partial charge in [-0.05, 0) is 26.0 Å². The van der Waals surface area contributed by atoms with Crippen LogP contribution in [-0.2, 0) is 4.79 Å². The van der Waals surface area contributed by atoms with E-state index in [2.05, 4.69) is 27.4 Å². The van der Waals surface area contributed by atoms with Crippen LogP contribution in [0.1, 0.15) is 17.1 Å². The van der Waals surface area contributed by atoms with E-state index in [1.807, 2.05) is 41.7 Å². The first kappa shape index (κ1) is 17.6. The molecule has 3 aliphatic heterocycles. The highest BCUT2D eigenvalue weighted by atomic mass is 31.1. The van der Waals surface area contributed by atoms with Gasteiger partial charge in [0.05, 0.1) is 40.3 Å². The van der Waals surface area contributed by atoms with Crippen LogP contribution < -0.4 is 5.32 Å². The fourth-order valence-corrected chi connectivity index (χ4v) is 5.27. The molecule has 0 saturated carbocycles. The van der Waals surface area contributed by atoms with Gasteiger partial charge in [0.2, 0.25) is 0 Å². The molecule has 7 nitrogen and oxygen atoms in total. The second-order valence-electron chi connectivity index (χ2n) is 7.37. The van der Waals surface area contributed by atoms with Crippen molar-refractivity contribution in [2.24, 2.45) is 0 Å². The summed E-state index contributed by atoms with van der Waals surface area (Å²) in [6, 6.07) is 2.04. The fourth-order valence-electron chi connectivity index (χ4n) is 3.95. The minimum atomic E-state index is 0.0267. The largest absolute Gasteiger partial charge is 0.368 e. The Morgan fingerprint density at radius 1 is 1.25 bits per heavy atom. The Kier molecular flexibility index (Phi) is 4.29. The van der Waals surface area contributed by atoms with Gasteiger partial charge in [-0.15, -0.1) is 0 Å². The molecule has 0 radical (unpaired) electrons. The predicted octanol–water partition coefficient (Wildman–Crippen LogP) is 1.85. The van der Waals surface area contributed by atoms with Crippen molar-refractivity contribution in [2.45, 2.75) is 19.6 Å². The molecule has 0 spiro atoms. The molecule has 1 fully saturated rings. The molecule has 2 atom stereocenters. The van der Waals surface area contributed by atoms with Gasteiger partial charge in [0.25, 0.3) is 5.91 Å². The number of carbonyl (C=O) groups is 1. The Balaban J connectivity index is 1.44. The van der Waals surface area contributed by atoms with Crippen LogP contribution in [0.15, 0.2) is 42.4 Å². The lowest BCUT2D eigenvalue weighted by Crippen LogP contribution is -2.44. The zero-order chi connectivity index (χ0) is 19.3. The van der Waals surface area contributed by atoms with E-state index >= 15 is 0 Å². The number of nitrogens with zero attached hydrogens (tertiary/aromatic N) is 5. The van der Waals surface area contributed by atoms with Gasteiger partial charge >= 0.3 is 0 Å². The third kappa shape index (κ3) is 3.05. The average molecular weight is 394 g/mol. The Labute approximate surface area is 165 Å². The average Bonchev–Trinajstić information content (AvgIpc) is 3.13. The second-order valence-corrected chi connectivity index (χ2v) is 8.79. The van der Waals surface area contributed by atoms with Crippen molar-refractivity contribution in [1.82, 2.24) is 29.7 Å². The van der Waals surface area contributed by atoms with Crippen molar-refractivity contribution in [3.05, 3.63) is 59.5 Å². The maximum absolute atomic E-state index is 12.9. The first-order valence-corrected chi connectivity index (χ1v) is 10.7. The molecule has 2 unspecified atom stereocenters. The van der Waals surface area contributed by atoms with Crippen molar-refractivity contribution < 1.29 is 4.79 Å². The van der Waals surface area contributed by atoms with E-state index in [4.69, 9.17) is 5.10 Å². The molecule has 1 amide bonds. The van der Waals surface area contributed by atoms with Gasteiger partial charge in [0.15, 0.2) is 0 Å². The fraction of sp³-hybridized carbons (Fsp3) is 0.350. The van der Waals surface area contributed by atoms with Crippen molar-refractivity contribution in [1.29, 1.82) is 0 Å². The van der Waals surface area contributed by atoms with E-state index in [1.54, 1.807) is 6.08 Å². The minimum Gasteiger partial charge on any atom is -0.368 e. The first-order chi connectivity index (χ1) is 13.6. The maximum atomic E-state index is 12.9. The van der Waals surface area contributed by atoms with Gasteiger partial charge in [-0.2, -0.15) is 5.10 Å². The van der Waals surface area contributed by atoms with Gasteiger partial charge in [0, 0.05) is 43.8 Å². The summed E-state index contributed by atoms with van der Waals surface area (Å²) in [7, 11) is 0.471. The molecule has 5 heterocycles. The molecule has 2 aromatic rings. The predicted molar refractivity (Wildman–Crippen MR) is 111 cm³/mol. The van der Waals surface area contributed by atoms with Crippen molar-refractivity contribution in [3.8, 4) is 0 Å². The molecular weight excluding hydrogens is 371 g/mol. The monoisotopic (exact) mass is 394 g/mol. The number of aryl methyl sites for hydroxylation is 2. The number of allylic oxidation sites excluding steroid dienone is 1. The number of hydrogen-bond donors (Lipinski definition) is 1. The zero-order valence-electron chi connectivity index (χ0n) is 16.0. The highest BCUT2D eigenvalue weighted by Crippen LogP contribution is 2.44. The van der Waals surface area contributed by atoms with Gasteiger partial charge in [-0.1, -0.05) is 14.7 Å². The molecule has 1 N–H and O–H groups in total. The summed E-state index contributed by atoms with van der Waals surface area (Å²) >= 11 is 0. The van der Waals surface area contributed by atoms with E-state index in [9.17, 15) is 4.79 Å². The van der Waals surface area contributed by atoms with E-state index in [-0.39, 0.29) is 11.7 Å². The molecule has 3 aliphatic rings. The molecule has 1 saturated heterocycles. The number of aromatic nitrogens is 3. The summed E-state index contributed by atoms with van der Waals surface area (Å²) in [5, 5.41) is 9.08. The third-order valence-corrected chi connectivity index (χ3v) is 6.84.